The second-order valence-electron chi connectivity index (χ2n) is 7.72. The summed E-state index contributed by atoms with van der Waals surface area (Å²) in [6.45, 7) is 6.70. The maximum atomic E-state index is 13.4. The van der Waals surface area contributed by atoms with Gasteiger partial charge in [-0.25, -0.2) is 9.37 Å². The molecule has 3 aromatic rings. The number of aromatic nitrogens is 3. The Balaban J connectivity index is 1.78. The maximum absolute atomic E-state index is 13.4. The van der Waals surface area contributed by atoms with Gasteiger partial charge in [0.2, 0.25) is 5.91 Å². The second-order valence-corrected chi connectivity index (χ2v) is 7.72. The van der Waals surface area contributed by atoms with Gasteiger partial charge < -0.3 is 10.1 Å². The summed E-state index contributed by atoms with van der Waals surface area (Å²) >= 11 is 0. The highest BCUT2D eigenvalue weighted by atomic mass is 19.1. The molecule has 0 spiro atoms. The fourth-order valence-corrected chi connectivity index (χ4v) is 3.55. The number of rotatable bonds is 10. The third-order valence-corrected chi connectivity index (χ3v) is 5.35. The number of pyridine rings is 1. The van der Waals surface area contributed by atoms with Crippen molar-refractivity contribution in [1.29, 1.82) is 0 Å². The van der Waals surface area contributed by atoms with Gasteiger partial charge in [-0.1, -0.05) is 13.3 Å². The number of carbonyl (C=O) groups is 2. The number of aryl methyl sites for hydroxylation is 1. The molecule has 2 heterocycles. The molecule has 8 heteroatoms. The van der Waals surface area contributed by atoms with Crippen molar-refractivity contribution in [2.45, 2.75) is 46.6 Å². The van der Waals surface area contributed by atoms with E-state index < -0.39 is 0 Å². The quantitative estimate of drug-likeness (QED) is 0.434. The Hall–Kier alpha value is -3.55. The van der Waals surface area contributed by atoms with Gasteiger partial charge in [-0.3, -0.25) is 14.3 Å². The summed E-state index contributed by atoms with van der Waals surface area (Å²) in [6.07, 6.45) is 4.65. The highest BCUT2D eigenvalue weighted by Crippen LogP contribution is 2.32. The Morgan fingerprint density at radius 1 is 1.09 bits per heavy atom. The van der Waals surface area contributed by atoms with Crippen molar-refractivity contribution in [3.63, 3.8) is 0 Å². The van der Waals surface area contributed by atoms with E-state index in [1.807, 2.05) is 30.8 Å². The summed E-state index contributed by atoms with van der Waals surface area (Å²) in [5.41, 5.74) is 3.21. The number of carbonyl (C=O) groups excluding carboxylic acids is 2. The highest BCUT2D eigenvalue weighted by Gasteiger charge is 2.18. The Morgan fingerprint density at radius 3 is 2.52 bits per heavy atom. The van der Waals surface area contributed by atoms with Crippen LogP contribution in [0, 0.1) is 11.7 Å². The monoisotopic (exact) mass is 452 g/mol. The van der Waals surface area contributed by atoms with Gasteiger partial charge in [0, 0.05) is 42.9 Å². The van der Waals surface area contributed by atoms with Crippen LogP contribution in [0.4, 0.5) is 10.2 Å². The first-order valence-electron chi connectivity index (χ1n) is 11.2. The molecule has 0 radical (unpaired) electrons. The zero-order valence-electron chi connectivity index (χ0n) is 19.2. The van der Waals surface area contributed by atoms with Gasteiger partial charge in [0.15, 0.2) is 0 Å². The molecule has 1 atom stereocenters. The van der Waals surface area contributed by atoms with E-state index in [9.17, 15) is 14.0 Å². The van der Waals surface area contributed by atoms with Crippen molar-refractivity contribution in [2.75, 3.05) is 11.9 Å². The Labute approximate surface area is 193 Å². The van der Waals surface area contributed by atoms with Crippen LogP contribution >= 0.6 is 0 Å². The molecule has 0 saturated carbocycles. The normalized spacial score (nSPS) is 11.8. The zero-order valence-corrected chi connectivity index (χ0v) is 19.2. The average Bonchev–Trinajstić information content (AvgIpc) is 3.24. The van der Waals surface area contributed by atoms with E-state index in [4.69, 9.17) is 4.74 Å². The first kappa shape index (κ1) is 24.1. The van der Waals surface area contributed by atoms with Crippen LogP contribution in [0.1, 0.15) is 40.0 Å². The first-order chi connectivity index (χ1) is 15.9. The number of hydrogen-bond acceptors (Lipinski definition) is 5. The van der Waals surface area contributed by atoms with Crippen LogP contribution in [0.2, 0.25) is 0 Å². The highest BCUT2D eigenvalue weighted by molar-refractivity contribution is 5.91. The Morgan fingerprint density at radius 2 is 1.85 bits per heavy atom. The van der Waals surface area contributed by atoms with Crippen LogP contribution < -0.4 is 5.32 Å². The number of hydrogen-bond donors (Lipinski definition) is 1. The van der Waals surface area contributed by atoms with E-state index in [1.165, 1.54) is 12.1 Å². The van der Waals surface area contributed by atoms with Crippen molar-refractivity contribution in [2.24, 2.45) is 5.92 Å². The van der Waals surface area contributed by atoms with Gasteiger partial charge in [0.1, 0.15) is 17.3 Å². The minimum atomic E-state index is -0.308. The summed E-state index contributed by atoms with van der Waals surface area (Å²) in [5, 5.41) is 7.46. The number of halogens is 1. The fourth-order valence-electron chi connectivity index (χ4n) is 3.55. The molecule has 2 aromatic heterocycles. The van der Waals surface area contributed by atoms with E-state index in [0.29, 0.717) is 25.4 Å². The maximum Gasteiger partial charge on any atom is 0.306 e. The molecule has 1 amide bonds. The molecular weight excluding hydrogens is 423 g/mol. The SMILES string of the molecule is CCOC(=O)CC(CC)CC(=O)Nc1cc(-c2cn(CC)nc2-c2ccc(F)cc2)ccn1. The summed E-state index contributed by atoms with van der Waals surface area (Å²) < 4.78 is 20.2. The first-order valence-corrected chi connectivity index (χ1v) is 11.2. The average molecular weight is 453 g/mol. The molecule has 174 valence electrons. The minimum absolute atomic E-state index is 0.0971. The van der Waals surface area contributed by atoms with Gasteiger partial charge in [-0.15, -0.1) is 0 Å². The van der Waals surface area contributed by atoms with Crippen molar-refractivity contribution >= 4 is 17.7 Å². The van der Waals surface area contributed by atoms with E-state index >= 15 is 0 Å². The van der Waals surface area contributed by atoms with Crippen molar-refractivity contribution in [1.82, 2.24) is 14.8 Å². The summed E-state index contributed by atoms with van der Waals surface area (Å²) in [5.74, 6) is -0.493. The molecule has 33 heavy (non-hydrogen) atoms. The zero-order chi connectivity index (χ0) is 23.8. The fraction of sp³-hybridized carbons (Fsp3) is 0.360. The van der Waals surface area contributed by atoms with Crippen LogP contribution in [0.15, 0.2) is 48.8 Å². The van der Waals surface area contributed by atoms with Crippen LogP contribution in [0.25, 0.3) is 22.4 Å². The number of amides is 1. The topological polar surface area (TPSA) is 86.1 Å². The third-order valence-electron chi connectivity index (χ3n) is 5.35. The number of nitrogens with zero attached hydrogens (tertiary/aromatic N) is 3. The van der Waals surface area contributed by atoms with E-state index in [-0.39, 0.29) is 36.5 Å². The molecule has 0 bridgehead atoms. The van der Waals surface area contributed by atoms with Crippen LogP contribution in [-0.2, 0) is 20.9 Å². The number of esters is 1. The molecular formula is C25H29FN4O3. The van der Waals surface area contributed by atoms with Gasteiger partial charge in [-0.2, -0.15) is 5.10 Å². The molecule has 0 fully saturated rings. The van der Waals surface area contributed by atoms with E-state index in [1.54, 1.807) is 31.3 Å². The lowest BCUT2D eigenvalue weighted by Gasteiger charge is -2.14. The van der Waals surface area contributed by atoms with Crippen LogP contribution in [0.5, 0.6) is 0 Å². The number of nitrogens with one attached hydrogen (secondary N) is 1. The predicted octanol–water partition coefficient (Wildman–Crippen LogP) is 5.08. The molecule has 1 N–H and O–H groups in total. The minimum Gasteiger partial charge on any atom is -0.466 e. The number of ether oxygens (including phenoxy) is 1. The number of benzene rings is 1. The Kier molecular flexibility index (Phi) is 8.29. The molecule has 7 nitrogen and oxygen atoms in total. The van der Waals surface area contributed by atoms with Crippen LogP contribution in [0.3, 0.4) is 0 Å². The lowest BCUT2D eigenvalue weighted by Crippen LogP contribution is -2.19. The van der Waals surface area contributed by atoms with Crippen molar-refractivity contribution in [3.05, 3.63) is 54.6 Å². The van der Waals surface area contributed by atoms with Gasteiger partial charge in [0.05, 0.1) is 6.61 Å². The van der Waals surface area contributed by atoms with Crippen molar-refractivity contribution in [3.8, 4) is 22.4 Å². The summed E-state index contributed by atoms with van der Waals surface area (Å²) in [4.78, 5) is 28.6. The molecule has 0 aliphatic rings. The van der Waals surface area contributed by atoms with Gasteiger partial charge >= 0.3 is 5.97 Å². The lowest BCUT2D eigenvalue weighted by molar-refractivity contribution is -0.144. The molecule has 0 saturated heterocycles. The Bertz CT molecular complexity index is 1100. The standard InChI is InChI=1S/C25H29FN4O3/c1-4-17(14-24(32)33-6-3)13-23(31)28-22-15-19(11-12-27-22)21-16-30(5-2)29-25(21)18-7-9-20(26)10-8-18/h7-12,15-17H,4-6,13-14H2,1-3H3,(H,27,28,31). The van der Waals surface area contributed by atoms with Gasteiger partial charge in [0.25, 0.3) is 0 Å². The van der Waals surface area contributed by atoms with Crippen molar-refractivity contribution < 1.29 is 18.7 Å². The summed E-state index contributed by atoms with van der Waals surface area (Å²) in [7, 11) is 0. The largest absolute Gasteiger partial charge is 0.466 e. The van der Waals surface area contributed by atoms with Gasteiger partial charge in [-0.05, 0) is 61.7 Å². The molecule has 3 rings (SSSR count). The van der Waals surface area contributed by atoms with E-state index in [0.717, 1.165) is 22.4 Å². The predicted molar refractivity (Wildman–Crippen MR) is 125 cm³/mol. The number of anilines is 1. The molecule has 1 aromatic carbocycles. The second kappa shape index (κ2) is 11.4. The smallest absolute Gasteiger partial charge is 0.306 e. The van der Waals surface area contributed by atoms with Crippen LogP contribution in [-0.4, -0.2) is 33.2 Å². The molecule has 0 aliphatic heterocycles. The summed E-state index contributed by atoms with van der Waals surface area (Å²) in [6, 6.07) is 9.83. The van der Waals surface area contributed by atoms with E-state index in [2.05, 4.69) is 15.4 Å². The lowest BCUT2D eigenvalue weighted by atomic mass is 9.98. The third kappa shape index (κ3) is 6.47. The molecule has 0 aliphatic carbocycles. The molecule has 1 unspecified atom stereocenters.